The molecule has 0 bridgehead atoms. The van der Waals surface area contributed by atoms with Gasteiger partial charge in [-0.1, -0.05) is 18.2 Å². The Bertz CT molecular complexity index is 929. The summed E-state index contributed by atoms with van der Waals surface area (Å²) in [6, 6.07) is 13.3. The number of benzene rings is 2. The number of rotatable bonds is 6. The molecule has 5 heteroatoms. The van der Waals surface area contributed by atoms with Crippen molar-refractivity contribution in [1.29, 1.82) is 0 Å². The monoisotopic (exact) mass is 353 g/mol. The second-order valence-electron chi connectivity index (χ2n) is 6.26. The van der Waals surface area contributed by atoms with Gasteiger partial charge in [-0.3, -0.25) is 4.79 Å². The number of fused-ring (bicyclic) bond motifs is 1. The van der Waals surface area contributed by atoms with Crippen molar-refractivity contribution in [1.82, 2.24) is 4.90 Å². The molecule has 26 heavy (non-hydrogen) atoms. The molecule has 0 aliphatic heterocycles. The normalized spacial score (nSPS) is 10.8. The van der Waals surface area contributed by atoms with Gasteiger partial charge in [0.25, 0.3) is 5.91 Å². The minimum Gasteiger partial charge on any atom is -0.497 e. The molecule has 0 aliphatic rings. The highest BCUT2D eigenvalue weighted by Gasteiger charge is 2.21. The van der Waals surface area contributed by atoms with Gasteiger partial charge in [0.15, 0.2) is 5.76 Å². The maximum absolute atomic E-state index is 12.7. The van der Waals surface area contributed by atoms with Gasteiger partial charge < -0.3 is 18.8 Å². The van der Waals surface area contributed by atoms with Gasteiger partial charge in [-0.2, -0.15) is 0 Å². The fraction of sp³-hybridized carbons (Fsp3) is 0.286. The highest BCUT2D eigenvalue weighted by molar-refractivity contribution is 5.99. The lowest BCUT2D eigenvalue weighted by atomic mass is 10.1. The highest BCUT2D eigenvalue weighted by atomic mass is 16.5. The molecule has 0 fully saturated rings. The van der Waals surface area contributed by atoms with Gasteiger partial charge in [-0.15, -0.1) is 0 Å². The maximum atomic E-state index is 12.7. The van der Waals surface area contributed by atoms with Gasteiger partial charge in [0.2, 0.25) is 0 Å². The van der Waals surface area contributed by atoms with E-state index in [-0.39, 0.29) is 5.91 Å². The van der Waals surface area contributed by atoms with Crippen LogP contribution in [0, 0.1) is 13.8 Å². The minimum absolute atomic E-state index is 0.161. The van der Waals surface area contributed by atoms with E-state index in [1.165, 1.54) is 0 Å². The SMILES string of the molecule is COc1ccc2oc(C(=O)N(C)CCOc3ccccc3C)c(C)c2c1. The van der Waals surface area contributed by atoms with Gasteiger partial charge in [-0.05, 0) is 43.7 Å². The lowest BCUT2D eigenvalue weighted by molar-refractivity contribution is 0.0743. The van der Waals surface area contributed by atoms with E-state index in [4.69, 9.17) is 13.9 Å². The van der Waals surface area contributed by atoms with Crippen LogP contribution in [0.15, 0.2) is 46.9 Å². The maximum Gasteiger partial charge on any atom is 0.289 e. The standard InChI is InChI=1S/C21H23NO4/c1-14-7-5-6-8-18(14)25-12-11-22(3)21(23)20-15(2)17-13-16(24-4)9-10-19(17)26-20/h5-10,13H,11-12H2,1-4H3. The number of hydrogen-bond acceptors (Lipinski definition) is 4. The Hall–Kier alpha value is -2.95. The van der Waals surface area contributed by atoms with E-state index in [2.05, 4.69) is 0 Å². The lowest BCUT2D eigenvalue weighted by Crippen LogP contribution is -2.31. The smallest absolute Gasteiger partial charge is 0.289 e. The zero-order valence-electron chi connectivity index (χ0n) is 15.5. The molecule has 0 saturated carbocycles. The van der Waals surface area contributed by atoms with Crippen LogP contribution in [0.25, 0.3) is 11.0 Å². The van der Waals surface area contributed by atoms with Crippen molar-refractivity contribution < 1.29 is 18.7 Å². The van der Waals surface area contributed by atoms with Crippen molar-refractivity contribution >= 4 is 16.9 Å². The summed E-state index contributed by atoms with van der Waals surface area (Å²) in [5, 5.41) is 0.886. The van der Waals surface area contributed by atoms with E-state index in [9.17, 15) is 4.79 Å². The Morgan fingerprint density at radius 3 is 2.65 bits per heavy atom. The van der Waals surface area contributed by atoms with Gasteiger partial charge in [0.05, 0.1) is 13.7 Å². The van der Waals surface area contributed by atoms with Gasteiger partial charge in [0, 0.05) is 18.0 Å². The molecule has 0 atom stereocenters. The topological polar surface area (TPSA) is 51.9 Å². The second-order valence-corrected chi connectivity index (χ2v) is 6.26. The number of hydrogen-bond donors (Lipinski definition) is 0. The summed E-state index contributed by atoms with van der Waals surface area (Å²) in [4.78, 5) is 14.4. The summed E-state index contributed by atoms with van der Waals surface area (Å²) >= 11 is 0. The number of amides is 1. The molecule has 2 aromatic carbocycles. The molecule has 0 unspecified atom stereocenters. The molecular formula is C21H23NO4. The molecule has 0 aliphatic carbocycles. The molecule has 136 valence electrons. The van der Waals surface area contributed by atoms with E-state index in [1.807, 2.05) is 56.3 Å². The van der Waals surface area contributed by atoms with Crippen LogP contribution in [-0.4, -0.2) is 38.1 Å². The van der Waals surface area contributed by atoms with E-state index >= 15 is 0 Å². The molecule has 5 nitrogen and oxygen atoms in total. The number of nitrogens with zero attached hydrogens (tertiary/aromatic N) is 1. The van der Waals surface area contributed by atoms with Crippen molar-refractivity contribution in [2.75, 3.05) is 27.3 Å². The fourth-order valence-corrected chi connectivity index (χ4v) is 2.82. The molecule has 0 spiro atoms. The van der Waals surface area contributed by atoms with Crippen LogP contribution in [0.5, 0.6) is 11.5 Å². The number of likely N-dealkylation sites (N-methyl/N-ethyl adjacent to an activating group) is 1. The number of carbonyl (C=O) groups excluding carboxylic acids is 1. The third kappa shape index (κ3) is 3.52. The molecule has 1 heterocycles. The van der Waals surface area contributed by atoms with Crippen LogP contribution in [0.3, 0.4) is 0 Å². The third-order valence-electron chi connectivity index (χ3n) is 4.46. The molecule has 1 amide bonds. The molecule has 1 aromatic heterocycles. The molecule has 0 N–H and O–H groups in total. The van der Waals surface area contributed by atoms with Crippen molar-refractivity contribution in [3.8, 4) is 11.5 Å². The average Bonchev–Trinajstić information content (AvgIpc) is 2.98. The van der Waals surface area contributed by atoms with Crippen molar-refractivity contribution in [3.63, 3.8) is 0 Å². The largest absolute Gasteiger partial charge is 0.497 e. The Morgan fingerprint density at radius 2 is 1.92 bits per heavy atom. The van der Waals surface area contributed by atoms with E-state index < -0.39 is 0 Å². The highest BCUT2D eigenvalue weighted by Crippen LogP contribution is 2.29. The van der Waals surface area contributed by atoms with Crippen LogP contribution in [0.1, 0.15) is 21.7 Å². The predicted octanol–water partition coefficient (Wildman–Crippen LogP) is 4.21. The first-order valence-corrected chi connectivity index (χ1v) is 8.52. The number of carbonyl (C=O) groups is 1. The van der Waals surface area contributed by atoms with E-state index in [0.717, 1.165) is 28.0 Å². The summed E-state index contributed by atoms with van der Waals surface area (Å²) < 4.78 is 16.8. The Labute approximate surface area is 153 Å². The van der Waals surface area contributed by atoms with Gasteiger partial charge in [0.1, 0.15) is 23.7 Å². The molecule has 3 aromatic rings. The summed E-state index contributed by atoms with van der Waals surface area (Å²) in [5.74, 6) is 1.76. The number of methoxy groups -OCH3 is 1. The quantitative estimate of drug-likeness (QED) is 0.666. The molecule has 0 saturated heterocycles. The van der Waals surface area contributed by atoms with Crippen LogP contribution >= 0.6 is 0 Å². The Balaban J connectivity index is 1.69. The molecular weight excluding hydrogens is 330 g/mol. The number of furan rings is 1. The van der Waals surface area contributed by atoms with Crippen LogP contribution < -0.4 is 9.47 Å². The molecule has 3 rings (SSSR count). The zero-order chi connectivity index (χ0) is 18.7. The van der Waals surface area contributed by atoms with E-state index in [1.54, 1.807) is 19.1 Å². The van der Waals surface area contributed by atoms with Gasteiger partial charge >= 0.3 is 0 Å². The summed E-state index contributed by atoms with van der Waals surface area (Å²) in [5.41, 5.74) is 2.57. The third-order valence-corrected chi connectivity index (χ3v) is 4.46. The summed E-state index contributed by atoms with van der Waals surface area (Å²) in [6.07, 6.45) is 0. The minimum atomic E-state index is -0.161. The first-order chi connectivity index (χ1) is 12.5. The summed E-state index contributed by atoms with van der Waals surface area (Å²) in [6.45, 7) is 4.76. The second kappa shape index (κ2) is 7.52. The first-order valence-electron chi connectivity index (χ1n) is 8.52. The number of para-hydroxylation sites is 1. The predicted molar refractivity (Wildman–Crippen MR) is 101 cm³/mol. The molecule has 0 radical (unpaired) electrons. The van der Waals surface area contributed by atoms with Gasteiger partial charge in [-0.25, -0.2) is 0 Å². The summed E-state index contributed by atoms with van der Waals surface area (Å²) in [7, 11) is 3.36. The van der Waals surface area contributed by atoms with Crippen LogP contribution in [0.4, 0.5) is 0 Å². The number of ether oxygens (including phenoxy) is 2. The number of aryl methyl sites for hydroxylation is 2. The lowest BCUT2D eigenvalue weighted by Gasteiger charge is -2.17. The Morgan fingerprint density at radius 1 is 1.15 bits per heavy atom. The van der Waals surface area contributed by atoms with Crippen LogP contribution in [0.2, 0.25) is 0 Å². The van der Waals surface area contributed by atoms with Crippen LogP contribution in [-0.2, 0) is 0 Å². The average molecular weight is 353 g/mol. The zero-order valence-corrected chi connectivity index (χ0v) is 15.5. The van der Waals surface area contributed by atoms with Crippen molar-refractivity contribution in [3.05, 3.63) is 59.4 Å². The fourth-order valence-electron chi connectivity index (χ4n) is 2.82. The first kappa shape index (κ1) is 17.9. The van der Waals surface area contributed by atoms with Crippen molar-refractivity contribution in [2.45, 2.75) is 13.8 Å². The van der Waals surface area contributed by atoms with Crippen molar-refractivity contribution in [2.24, 2.45) is 0 Å². The Kier molecular flexibility index (Phi) is 5.16. The van der Waals surface area contributed by atoms with E-state index in [0.29, 0.717) is 24.5 Å².